The van der Waals surface area contributed by atoms with Crippen LogP contribution in [-0.4, -0.2) is 31.1 Å². The van der Waals surface area contributed by atoms with Gasteiger partial charge in [-0.1, -0.05) is 23.7 Å². The number of ether oxygens (including phenoxy) is 1. The number of pyridine rings is 1. The summed E-state index contributed by atoms with van der Waals surface area (Å²) in [7, 11) is 1.28. The molecule has 1 atom stereocenters. The van der Waals surface area contributed by atoms with Crippen LogP contribution in [0.1, 0.15) is 21.6 Å². The Bertz CT molecular complexity index is 709. The Kier molecular flexibility index (Phi) is 6.23. The molecule has 1 aromatic carbocycles. The number of aromatic nitrogens is 1. The monoisotopic (exact) mass is 353 g/mol. The minimum Gasteiger partial charge on any atom is -0.760 e. The van der Waals surface area contributed by atoms with Crippen LogP contribution in [0.2, 0.25) is 5.02 Å². The molecule has 2 rings (SSSR count). The largest absolute Gasteiger partial charge is 0.760 e. The fraction of sp³-hybridized carbons (Fsp3) is 0.200. The first kappa shape index (κ1) is 17.6. The Balaban J connectivity index is 2.10. The normalized spacial score (nSPS) is 12.2. The van der Waals surface area contributed by atoms with E-state index in [2.05, 4.69) is 9.72 Å². The average molecular weight is 354 g/mol. The van der Waals surface area contributed by atoms with Gasteiger partial charge in [0.2, 0.25) is 0 Å². The molecule has 0 N–H and O–H groups in total. The van der Waals surface area contributed by atoms with Crippen molar-refractivity contribution in [1.82, 2.24) is 9.29 Å². The number of carbonyl (C=O) groups is 1. The number of hydrogen-bond donors (Lipinski definition) is 0. The molecular formula is C15H14ClN2O4S-. The fourth-order valence-corrected chi connectivity index (χ4v) is 2.64. The molecule has 6 nitrogen and oxygen atoms in total. The van der Waals surface area contributed by atoms with Crippen LogP contribution in [0.3, 0.4) is 0 Å². The summed E-state index contributed by atoms with van der Waals surface area (Å²) in [4.78, 5) is 15.4. The lowest BCUT2D eigenvalue weighted by atomic mass is 10.2. The Morgan fingerprint density at radius 2 is 2.13 bits per heavy atom. The molecule has 0 spiro atoms. The van der Waals surface area contributed by atoms with Crippen LogP contribution < -0.4 is 0 Å². The molecule has 0 bridgehead atoms. The average Bonchev–Trinajstić information content (AvgIpc) is 2.54. The second-order valence-corrected chi connectivity index (χ2v) is 6.06. The number of benzene rings is 1. The molecule has 2 aromatic rings. The quantitative estimate of drug-likeness (QED) is 0.588. The molecule has 0 amide bonds. The summed E-state index contributed by atoms with van der Waals surface area (Å²) in [6.07, 6.45) is 1.35. The maximum Gasteiger partial charge on any atom is 0.339 e. The number of hydrogen-bond acceptors (Lipinski definition) is 5. The van der Waals surface area contributed by atoms with Crippen molar-refractivity contribution in [2.75, 3.05) is 7.11 Å². The lowest BCUT2D eigenvalue weighted by molar-refractivity contribution is 0.0600. The zero-order valence-electron chi connectivity index (χ0n) is 12.3. The summed E-state index contributed by atoms with van der Waals surface area (Å²) >= 11 is 3.48. The van der Waals surface area contributed by atoms with Crippen LogP contribution in [0.25, 0.3) is 0 Å². The van der Waals surface area contributed by atoms with Gasteiger partial charge in [-0.15, -0.1) is 0 Å². The first-order chi connectivity index (χ1) is 11.0. The van der Waals surface area contributed by atoms with Gasteiger partial charge in [0.1, 0.15) is 0 Å². The van der Waals surface area contributed by atoms with E-state index in [1.807, 2.05) is 0 Å². The SMILES string of the molecule is COC(=O)c1ccc(CN(Cc2cccc(Cl)c2)S(=O)[O-])nc1. The van der Waals surface area contributed by atoms with E-state index >= 15 is 0 Å². The Morgan fingerprint density at radius 1 is 1.35 bits per heavy atom. The third-order valence-electron chi connectivity index (χ3n) is 3.04. The third-order valence-corrected chi connectivity index (χ3v) is 3.96. The van der Waals surface area contributed by atoms with Crippen molar-refractivity contribution in [1.29, 1.82) is 0 Å². The van der Waals surface area contributed by atoms with Gasteiger partial charge in [-0.2, -0.15) is 0 Å². The first-order valence-corrected chi connectivity index (χ1v) is 8.02. The van der Waals surface area contributed by atoms with Crippen LogP contribution >= 0.6 is 11.6 Å². The van der Waals surface area contributed by atoms with Crippen molar-refractivity contribution in [2.24, 2.45) is 0 Å². The smallest absolute Gasteiger partial charge is 0.339 e. The van der Waals surface area contributed by atoms with Crippen LogP contribution in [0, 0.1) is 0 Å². The van der Waals surface area contributed by atoms with Gasteiger partial charge in [0.15, 0.2) is 0 Å². The van der Waals surface area contributed by atoms with Gasteiger partial charge in [0.25, 0.3) is 0 Å². The van der Waals surface area contributed by atoms with Gasteiger partial charge >= 0.3 is 5.97 Å². The predicted molar refractivity (Wildman–Crippen MR) is 85.2 cm³/mol. The zero-order chi connectivity index (χ0) is 16.8. The number of methoxy groups -OCH3 is 1. The van der Waals surface area contributed by atoms with E-state index in [9.17, 15) is 13.6 Å². The summed E-state index contributed by atoms with van der Waals surface area (Å²) in [6, 6.07) is 10.1. The van der Waals surface area contributed by atoms with Crippen LogP contribution in [0.5, 0.6) is 0 Å². The number of esters is 1. The van der Waals surface area contributed by atoms with Crippen LogP contribution in [0.4, 0.5) is 0 Å². The lowest BCUT2D eigenvalue weighted by Crippen LogP contribution is -2.25. The second-order valence-electron chi connectivity index (χ2n) is 4.67. The van der Waals surface area contributed by atoms with Gasteiger partial charge < -0.3 is 9.29 Å². The topological polar surface area (TPSA) is 82.6 Å². The van der Waals surface area contributed by atoms with E-state index in [1.54, 1.807) is 36.4 Å². The van der Waals surface area contributed by atoms with Crippen LogP contribution in [0.15, 0.2) is 42.6 Å². The molecule has 8 heteroatoms. The van der Waals surface area contributed by atoms with Crippen molar-refractivity contribution in [3.05, 3.63) is 64.4 Å². The summed E-state index contributed by atoms with van der Waals surface area (Å²) < 4.78 is 28.6. The minimum absolute atomic E-state index is 0.0874. The van der Waals surface area contributed by atoms with Crippen molar-refractivity contribution >= 4 is 28.8 Å². The highest BCUT2D eigenvalue weighted by Crippen LogP contribution is 2.15. The molecule has 0 aliphatic carbocycles. The summed E-state index contributed by atoms with van der Waals surface area (Å²) in [5.74, 6) is -0.493. The molecule has 0 saturated heterocycles. The standard InChI is InChI=1S/C15H15ClN2O4S/c1-22-15(19)12-5-6-14(17-8-12)10-18(23(20)21)9-11-3-2-4-13(16)7-11/h2-8H,9-10H2,1H3,(H,20,21)/p-1. The molecular weight excluding hydrogens is 340 g/mol. The van der Waals surface area contributed by atoms with Gasteiger partial charge in [-0.3, -0.25) is 9.19 Å². The molecule has 0 radical (unpaired) electrons. The first-order valence-electron chi connectivity index (χ1n) is 6.61. The van der Waals surface area contributed by atoms with E-state index in [0.29, 0.717) is 16.3 Å². The van der Waals surface area contributed by atoms with E-state index in [0.717, 1.165) is 5.56 Å². The molecule has 23 heavy (non-hydrogen) atoms. The summed E-state index contributed by atoms with van der Waals surface area (Å²) in [5.41, 5.74) is 1.60. The van der Waals surface area contributed by atoms with E-state index < -0.39 is 17.2 Å². The second kappa shape index (κ2) is 8.16. The van der Waals surface area contributed by atoms with Crippen LogP contribution in [-0.2, 0) is 29.1 Å². The molecule has 0 aliphatic rings. The molecule has 0 saturated carbocycles. The highest BCUT2D eigenvalue weighted by molar-refractivity contribution is 7.76. The zero-order valence-corrected chi connectivity index (χ0v) is 13.8. The molecule has 1 heterocycles. The van der Waals surface area contributed by atoms with Gasteiger partial charge in [-0.25, -0.2) is 9.10 Å². The highest BCUT2D eigenvalue weighted by atomic mass is 35.5. The Hall–Kier alpha value is -1.80. The summed E-state index contributed by atoms with van der Waals surface area (Å²) in [5, 5.41) is 0.541. The number of rotatable bonds is 6. The van der Waals surface area contributed by atoms with Crippen molar-refractivity contribution < 1.29 is 18.3 Å². The maximum absolute atomic E-state index is 11.4. The lowest BCUT2D eigenvalue weighted by Gasteiger charge is -2.24. The van der Waals surface area contributed by atoms with E-state index in [-0.39, 0.29) is 13.1 Å². The van der Waals surface area contributed by atoms with Crippen molar-refractivity contribution in [2.45, 2.75) is 13.1 Å². The molecule has 0 fully saturated rings. The Labute approximate surface area is 141 Å². The molecule has 1 unspecified atom stereocenters. The van der Waals surface area contributed by atoms with Gasteiger partial charge in [0, 0.05) is 29.0 Å². The van der Waals surface area contributed by atoms with E-state index in [4.69, 9.17) is 11.6 Å². The van der Waals surface area contributed by atoms with E-state index in [1.165, 1.54) is 17.6 Å². The number of halogens is 1. The van der Waals surface area contributed by atoms with Crippen molar-refractivity contribution in [3.8, 4) is 0 Å². The third kappa shape index (κ3) is 5.11. The number of nitrogens with zero attached hydrogens (tertiary/aromatic N) is 2. The highest BCUT2D eigenvalue weighted by Gasteiger charge is 2.11. The predicted octanol–water partition coefficient (Wildman–Crippen LogP) is 2.32. The number of carbonyl (C=O) groups excluding carboxylic acids is 1. The summed E-state index contributed by atoms with van der Waals surface area (Å²) in [6.45, 7) is 0.265. The molecule has 1 aromatic heterocycles. The van der Waals surface area contributed by atoms with Gasteiger partial charge in [-0.05, 0) is 29.8 Å². The maximum atomic E-state index is 11.4. The molecule has 122 valence electrons. The van der Waals surface area contributed by atoms with Crippen molar-refractivity contribution in [3.63, 3.8) is 0 Å². The van der Waals surface area contributed by atoms with Gasteiger partial charge in [0.05, 0.1) is 24.9 Å². The minimum atomic E-state index is -2.42. The fourth-order valence-electron chi connectivity index (χ4n) is 1.94. The molecule has 0 aliphatic heterocycles. The Morgan fingerprint density at radius 3 is 2.70 bits per heavy atom.